The third kappa shape index (κ3) is 2.54. The van der Waals surface area contributed by atoms with Crippen LogP contribution < -0.4 is 5.56 Å². The number of aryl methyl sites for hydroxylation is 1. The molecule has 25 heavy (non-hydrogen) atoms. The van der Waals surface area contributed by atoms with Crippen molar-refractivity contribution in [2.24, 2.45) is 0 Å². The second-order valence-corrected chi connectivity index (χ2v) is 6.08. The van der Waals surface area contributed by atoms with E-state index in [0.717, 1.165) is 22.3 Å². The van der Waals surface area contributed by atoms with Crippen molar-refractivity contribution >= 4 is 10.9 Å². The summed E-state index contributed by atoms with van der Waals surface area (Å²) >= 11 is 0. The van der Waals surface area contributed by atoms with Crippen LogP contribution in [0.2, 0.25) is 0 Å². The number of hydrogen-bond donors (Lipinski definition) is 0. The van der Waals surface area contributed by atoms with Crippen molar-refractivity contribution in [1.29, 1.82) is 0 Å². The highest BCUT2D eigenvalue weighted by molar-refractivity contribution is 5.81. The molecule has 2 aromatic heterocycles. The SMILES string of the molecule is Cc1nn(C(C)c2ccccc2)c(=O)c2c1cnn2-c1ccccc1. The maximum atomic E-state index is 13.2. The largest absolute Gasteiger partial charge is 0.293 e. The summed E-state index contributed by atoms with van der Waals surface area (Å²) < 4.78 is 3.24. The Morgan fingerprint density at radius 3 is 2.28 bits per heavy atom. The van der Waals surface area contributed by atoms with E-state index in [2.05, 4.69) is 10.2 Å². The van der Waals surface area contributed by atoms with E-state index in [-0.39, 0.29) is 11.6 Å². The van der Waals surface area contributed by atoms with Crippen LogP contribution in [0.15, 0.2) is 71.7 Å². The molecule has 0 radical (unpaired) electrons. The van der Waals surface area contributed by atoms with Gasteiger partial charge in [-0.1, -0.05) is 48.5 Å². The molecule has 0 N–H and O–H groups in total. The van der Waals surface area contributed by atoms with Crippen LogP contribution in [0.25, 0.3) is 16.6 Å². The lowest BCUT2D eigenvalue weighted by molar-refractivity contribution is 0.530. The average molecular weight is 330 g/mol. The van der Waals surface area contributed by atoms with E-state index in [4.69, 9.17) is 0 Å². The number of aromatic nitrogens is 4. The Labute approximate surface area is 145 Å². The first-order chi connectivity index (χ1) is 12.2. The topological polar surface area (TPSA) is 52.7 Å². The van der Waals surface area contributed by atoms with Crippen molar-refractivity contribution in [3.05, 3.63) is 88.5 Å². The van der Waals surface area contributed by atoms with Crippen LogP contribution in [0.1, 0.15) is 24.2 Å². The molecule has 0 amide bonds. The molecule has 1 atom stereocenters. The molecule has 0 saturated heterocycles. The Morgan fingerprint density at radius 2 is 1.60 bits per heavy atom. The number of rotatable bonds is 3. The van der Waals surface area contributed by atoms with Crippen LogP contribution >= 0.6 is 0 Å². The molecule has 0 spiro atoms. The molecule has 124 valence electrons. The Kier molecular flexibility index (Phi) is 3.69. The lowest BCUT2D eigenvalue weighted by atomic mass is 10.1. The van der Waals surface area contributed by atoms with E-state index >= 15 is 0 Å². The van der Waals surface area contributed by atoms with Crippen molar-refractivity contribution in [2.45, 2.75) is 19.9 Å². The fourth-order valence-electron chi connectivity index (χ4n) is 3.09. The first-order valence-corrected chi connectivity index (χ1v) is 8.24. The quantitative estimate of drug-likeness (QED) is 0.578. The molecule has 0 bridgehead atoms. The standard InChI is InChI=1S/C20H18N4O/c1-14-18-13-21-24(17-11-7-4-8-12-17)19(18)20(25)23(22-14)15(2)16-9-5-3-6-10-16/h3-13,15H,1-2H3. The molecular formula is C20H18N4O. The number of nitrogens with zero attached hydrogens (tertiary/aromatic N) is 4. The fourth-order valence-corrected chi connectivity index (χ4v) is 3.09. The van der Waals surface area contributed by atoms with E-state index in [1.807, 2.05) is 74.5 Å². The zero-order valence-corrected chi connectivity index (χ0v) is 14.1. The predicted molar refractivity (Wildman–Crippen MR) is 98.1 cm³/mol. The van der Waals surface area contributed by atoms with Crippen molar-refractivity contribution in [1.82, 2.24) is 19.6 Å². The molecule has 0 fully saturated rings. The van der Waals surface area contributed by atoms with E-state index in [1.54, 1.807) is 15.6 Å². The predicted octanol–water partition coefficient (Wildman–Crippen LogP) is 3.50. The smallest absolute Gasteiger partial charge is 0.265 e. The Bertz CT molecular complexity index is 1080. The van der Waals surface area contributed by atoms with Gasteiger partial charge in [-0.05, 0) is 31.5 Å². The number of para-hydroxylation sites is 1. The van der Waals surface area contributed by atoms with Gasteiger partial charge >= 0.3 is 0 Å². The maximum absolute atomic E-state index is 13.2. The second-order valence-electron chi connectivity index (χ2n) is 6.08. The lowest BCUT2D eigenvalue weighted by Gasteiger charge is -2.15. The van der Waals surface area contributed by atoms with Crippen LogP contribution in [0, 0.1) is 6.92 Å². The second kappa shape index (κ2) is 6.02. The monoisotopic (exact) mass is 330 g/mol. The number of hydrogen-bond acceptors (Lipinski definition) is 3. The first-order valence-electron chi connectivity index (χ1n) is 8.24. The van der Waals surface area contributed by atoms with Crippen molar-refractivity contribution in [3.8, 4) is 5.69 Å². The van der Waals surface area contributed by atoms with E-state index in [1.165, 1.54) is 0 Å². The van der Waals surface area contributed by atoms with E-state index < -0.39 is 0 Å². The van der Waals surface area contributed by atoms with Gasteiger partial charge in [0.1, 0.15) is 5.52 Å². The molecule has 1 unspecified atom stereocenters. The van der Waals surface area contributed by atoms with Crippen molar-refractivity contribution in [2.75, 3.05) is 0 Å². The highest BCUT2D eigenvalue weighted by atomic mass is 16.1. The minimum absolute atomic E-state index is 0.140. The molecular weight excluding hydrogens is 312 g/mol. The van der Waals surface area contributed by atoms with Gasteiger partial charge < -0.3 is 0 Å². The molecule has 2 aromatic carbocycles. The van der Waals surface area contributed by atoms with E-state index in [9.17, 15) is 4.79 Å². The van der Waals surface area contributed by atoms with Crippen molar-refractivity contribution in [3.63, 3.8) is 0 Å². The molecule has 4 rings (SSSR count). The summed E-state index contributed by atoms with van der Waals surface area (Å²) in [5, 5.41) is 9.74. The molecule has 0 aliphatic rings. The summed E-state index contributed by atoms with van der Waals surface area (Å²) in [6.45, 7) is 3.89. The maximum Gasteiger partial charge on any atom is 0.293 e. The molecule has 0 aliphatic carbocycles. The number of benzene rings is 2. The van der Waals surface area contributed by atoms with Gasteiger partial charge in [-0.15, -0.1) is 0 Å². The van der Waals surface area contributed by atoms with Gasteiger partial charge in [0.25, 0.3) is 5.56 Å². The summed E-state index contributed by atoms with van der Waals surface area (Å²) in [4.78, 5) is 13.2. The van der Waals surface area contributed by atoms with Gasteiger partial charge in [-0.2, -0.15) is 10.2 Å². The highest BCUT2D eigenvalue weighted by Crippen LogP contribution is 2.20. The Morgan fingerprint density at radius 1 is 0.960 bits per heavy atom. The minimum Gasteiger partial charge on any atom is -0.265 e. The average Bonchev–Trinajstić information content (AvgIpc) is 3.11. The van der Waals surface area contributed by atoms with Crippen LogP contribution in [0.5, 0.6) is 0 Å². The van der Waals surface area contributed by atoms with Crippen LogP contribution in [-0.2, 0) is 0 Å². The fraction of sp³-hybridized carbons (Fsp3) is 0.150. The first kappa shape index (κ1) is 15.3. The van der Waals surface area contributed by atoms with Crippen LogP contribution in [-0.4, -0.2) is 19.6 Å². The van der Waals surface area contributed by atoms with Crippen LogP contribution in [0.3, 0.4) is 0 Å². The third-order valence-electron chi connectivity index (χ3n) is 4.48. The zero-order valence-electron chi connectivity index (χ0n) is 14.1. The van der Waals surface area contributed by atoms with Gasteiger partial charge in [0.15, 0.2) is 0 Å². The normalized spacial score (nSPS) is 12.4. The summed E-state index contributed by atoms with van der Waals surface area (Å²) in [5.41, 5.74) is 3.11. The molecule has 5 nitrogen and oxygen atoms in total. The molecule has 0 saturated carbocycles. The van der Waals surface area contributed by atoms with Crippen LogP contribution in [0.4, 0.5) is 0 Å². The van der Waals surface area contributed by atoms with Gasteiger partial charge in [0, 0.05) is 5.39 Å². The lowest BCUT2D eigenvalue weighted by Crippen LogP contribution is -2.28. The zero-order chi connectivity index (χ0) is 17.4. The summed E-state index contributed by atoms with van der Waals surface area (Å²) in [6, 6.07) is 19.4. The Hall–Kier alpha value is -3.21. The van der Waals surface area contributed by atoms with Gasteiger partial charge in [0.2, 0.25) is 0 Å². The van der Waals surface area contributed by atoms with Crippen molar-refractivity contribution < 1.29 is 0 Å². The highest BCUT2D eigenvalue weighted by Gasteiger charge is 2.18. The minimum atomic E-state index is -0.157. The Balaban J connectivity index is 1.96. The van der Waals surface area contributed by atoms with Gasteiger partial charge in [0.05, 0.1) is 23.6 Å². The molecule has 4 aromatic rings. The summed E-state index contributed by atoms with van der Waals surface area (Å²) in [5.74, 6) is 0. The number of fused-ring (bicyclic) bond motifs is 1. The molecule has 0 aliphatic heterocycles. The van der Waals surface area contributed by atoms with Gasteiger partial charge in [-0.25, -0.2) is 9.36 Å². The molecule has 2 heterocycles. The summed E-state index contributed by atoms with van der Waals surface area (Å²) in [6.07, 6.45) is 1.71. The van der Waals surface area contributed by atoms with Gasteiger partial charge in [-0.3, -0.25) is 4.79 Å². The molecule has 5 heteroatoms. The third-order valence-corrected chi connectivity index (χ3v) is 4.48. The summed E-state index contributed by atoms with van der Waals surface area (Å²) in [7, 11) is 0. The van der Waals surface area contributed by atoms with E-state index in [0.29, 0.717) is 5.52 Å².